The summed E-state index contributed by atoms with van der Waals surface area (Å²) in [5, 5.41) is 0.756. The van der Waals surface area contributed by atoms with E-state index in [9.17, 15) is 9.59 Å². The maximum absolute atomic E-state index is 12.1. The smallest absolute Gasteiger partial charge is 0.340 e. The number of aryl methyl sites for hydroxylation is 1. The van der Waals surface area contributed by atoms with E-state index in [1.165, 1.54) is 12.3 Å². The molecule has 0 N–H and O–H groups in total. The highest BCUT2D eigenvalue weighted by Gasteiger charge is 2.11. The first-order valence-electron chi connectivity index (χ1n) is 7.40. The fraction of sp³-hybridized carbons (Fsp3) is 0.167. The Balaban J connectivity index is 1.87. The van der Waals surface area contributed by atoms with Crippen molar-refractivity contribution in [2.45, 2.75) is 20.0 Å². The van der Waals surface area contributed by atoms with Gasteiger partial charge in [0.15, 0.2) is 0 Å². The summed E-state index contributed by atoms with van der Waals surface area (Å²) in [6.07, 6.45) is 3.85. The molecule has 122 valence electrons. The average molecular weight is 388 g/mol. The lowest BCUT2D eigenvalue weighted by Gasteiger charge is -2.08. The summed E-state index contributed by atoms with van der Waals surface area (Å²) in [5.74, 6) is -0.504. The number of halogens is 1. The summed E-state index contributed by atoms with van der Waals surface area (Å²) in [5.41, 5.74) is 2.05. The number of fused-ring (bicyclic) bond motifs is 1. The van der Waals surface area contributed by atoms with Crippen LogP contribution in [0.1, 0.15) is 28.4 Å². The summed E-state index contributed by atoms with van der Waals surface area (Å²) in [7, 11) is 0. The number of rotatable bonds is 4. The molecule has 0 aliphatic heterocycles. The van der Waals surface area contributed by atoms with Gasteiger partial charge in [0.05, 0.1) is 5.56 Å². The van der Waals surface area contributed by atoms with Gasteiger partial charge in [0, 0.05) is 33.9 Å². The second-order valence-corrected chi connectivity index (χ2v) is 6.16. The van der Waals surface area contributed by atoms with Gasteiger partial charge in [0.25, 0.3) is 0 Å². The first kappa shape index (κ1) is 16.4. The van der Waals surface area contributed by atoms with E-state index in [0.717, 1.165) is 17.4 Å². The number of pyridine rings is 1. The van der Waals surface area contributed by atoms with Crippen molar-refractivity contribution < 1.29 is 13.9 Å². The largest absolute Gasteiger partial charge is 0.457 e. The van der Waals surface area contributed by atoms with Crippen molar-refractivity contribution in [2.75, 3.05) is 0 Å². The van der Waals surface area contributed by atoms with Crippen LogP contribution in [0.4, 0.5) is 0 Å². The van der Waals surface area contributed by atoms with E-state index in [-0.39, 0.29) is 6.61 Å². The number of benzene rings is 1. The standard InChI is InChI=1S/C18H14BrNO4/c1-2-11-3-4-15-13(7-17(21)24-16(15)5-11)10-23-18(22)12-6-14(19)9-20-8-12/h3-9H,2,10H2,1H3. The molecule has 0 unspecified atom stereocenters. The maximum Gasteiger partial charge on any atom is 0.340 e. The third kappa shape index (κ3) is 3.54. The third-order valence-corrected chi connectivity index (χ3v) is 4.04. The predicted octanol–water partition coefficient (Wildman–Crippen LogP) is 3.87. The highest BCUT2D eigenvalue weighted by atomic mass is 79.9. The Morgan fingerprint density at radius 1 is 1.25 bits per heavy atom. The first-order valence-corrected chi connectivity index (χ1v) is 8.19. The van der Waals surface area contributed by atoms with Gasteiger partial charge in [-0.2, -0.15) is 0 Å². The van der Waals surface area contributed by atoms with Gasteiger partial charge in [-0.25, -0.2) is 9.59 Å². The minimum Gasteiger partial charge on any atom is -0.457 e. The topological polar surface area (TPSA) is 69.4 Å². The van der Waals surface area contributed by atoms with E-state index < -0.39 is 11.6 Å². The van der Waals surface area contributed by atoms with Crippen LogP contribution in [-0.2, 0) is 17.8 Å². The van der Waals surface area contributed by atoms with Crippen LogP contribution in [0.3, 0.4) is 0 Å². The number of hydrogen-bond donors (Lipinski definition) is 0. The summed E-state index contributed by atoms with van der Waals surface area (Å²) in [6.45, 7) is 2.01. The van der Waals surface area contributed by atoms with Crippen LogP contribution in [0.5, 0.6) is 0 Å². The van der Waals surface area contributed by atoms with Crippen LogP contribution in [0.15, 0.2) is 56.4 Å². The Labute approximate surface area is 146 Å². The molecule has 0 saturated carbocycles. The molecule has 5 nitrogen and oxygen atoms in total. The minimum atomic E-state index is -0.504. The lowest BCUT2D eigenvalue weighted by atomic mass is 10.1. The van der Waals surface area contributed by atoms with Crippen molar-refractivity contribution in [1.29, 1.82) is 0 Å². The molecule has 2 aromatic heterocycles. The molecule has 0 atom stereocenters. The van der Waals surface area contributed by atoms with Crippen molar-refractivity contribution in [2.24, 2.45) is 0 Å². The van der Waals surface area contributed by atoms with Crippen LogP contribution in [0, 0.1) is 0 Å². The number of nitrogens with zero attached hydrogens (tertiary/aromatic N) is 1. The van der Waals surface area contributed by atoms with Gasteiger partial charge >= 0.3 is 11.6 Å². The summed E-state index contributed by atoms with van der Waals surface area (Å²) in [6, 6.07) is 8.65. The maximum atomic E-state index is 12.1. The Kier molecular flexibility index (Phi) is 4.76. The van der Waals surface area contributed by atoms with Crippen molar-refractivity contribution >= 4 is 32.9 Å². The number of esters is 1. The molecule has 0 aliphatic carbocycles. The predicted molar refractivity (Wildman–Crippen MR) is 92.9 cm³/mol. The Morgan fingerprint density at radius 2 is 2.08 bits per heavy atom. The second kappa shape index (κ2) is 6.97. The second-order valence-electron chi connectivity index (χ2n) is 5.24. The van der Waals surface area contributed by atoms with Gasteiger partial charge in [-0.15, -0.1) is 0 Å². The van der Waals surface area contributed by atoms with Crippen molar-refractivity contribution in [3.8, 4) is 0 Å². The molecule has 0 amide bonds. The first-order chi connectivity index (χ1) is 11.6. The molecule has 6 heteroatoms. The summed E-state index contributed by atoms with van der Waals surface area (Å²) < 4.78 is 11.2. The molecule has 0 radical (unpaired) electrons. The van der Waals surface area contributed by atoms with Gasteiger partial charge in [-0.3, -0.25) is 4.98 Å². The number of carbonyl (C=O) groups excluding carboxylic acids is 1. The number of aromatic nitrogens is 1. The van der Waals surface area contributed by atoms with Gasteiger partial charge in [-0.05, 0) is 40.0 Å². The summed E-state index contributed by atoms with van der Waals surface area (Å²) >= 11 is 3.26. The molecule has 1 aromatic carbocycles. The third-order valence-electron chi connectivity index (χ3n) is 3.60. The van der Waals surface area contributed by atoms with Crippen molar-refractivity contribution in [3.05, 3.63) is 74.3 Å². The van der Waals surface area contributed by atoms with Crippen molar-refractivity contribution in [3.63, 3.8) is 0 Å². The van der Waals surface area contributed by atoms with Gasteiger partial charge in [0.1, 0.15) is 12.2 Å². The molecular weight excluding hydrogens is 374 g/mol. The van der Waals surface area contributed by atoms with Gasteiger partial charge < -0.3 is 9.15 Å². The molecule has 0 spiro atoms. The van der Waals surface area contributed by atoms with E-state index >= 15 is 0 Å². The SMILES string of the molecule is CCc1ccc2c(COC(=O)c3cncc(Br)c3)cc(=O)oc2c1. The molecule has 2 heterocycles. The fourth-order valence-corrected chi connectivity index (χ4v) is 2.73. The fourth-order valence-electron chi connectivity index (χ4n) is 2.36. The average Bonchev–Trinajstić information content (AvgIpc) is 2.58. The van der Waals surface area contributed by atoms with Crippen LogP contribution < -0.4 is 5.63 Å². The molecule has 0 saturated heterocycles. The van der Waals surface area contributed by atoms with Crippen molar-refractivity contribution in [1.82, 2.24) is 4.98 Å². The van der Waals surface area contributed by atoms with E-state index in [1.54, 1.807) is 12.3 Å². The molecule has 3 aromatic rings. The zero-order chi connectivity index (χ0) is 17.1. The molecule has 0 aliphatic rings. The quantitative estimate of drug-likeness (QED) is 0.501. The highest BCUT2D eigenvalue weighted by Crippen LogP contribution is 2.20. The molecular formula is C18H14BrNO4. The monoisotopic (exact) mass is 387 g/mol. The van der Waals surface area contributed by atoms with E-state index in [4.69, 9.17) is 9.15 Å². The minimum absolute atomic E-state index is 0.0150. The van der Waals surface area contributed by atoms with Crippen LogP contribution in [-0.4, -0.2) is 11.0 Å². The van der Waals surface area contributed by atoms with Gasteiger partial charge in [-0.1, -0.05) is 19.1 Å². The molecule has 0 bridgehead atoms. The lowest BCUT2D eigenvalue weighted by molar-refractivity contribution is 0.0473. The van der Waals surface area contributed by atoms with Crippen LogP contribution in [0.25, 0.3) is 11.0 Å². The molecule has 24 heavy (non-hydrogen) atoms. The van der Waals surface area contributed by atoms with E-state index in [1.807, 2.05) is 25.1 Å². The summed E-state index contributed by atoms with van der Waals surface area (Å²) in [4.78, 5) is 27.8. The normalized spacial score (nSPS) is 10.8. The number of hydrogen-bond acceptors (Lipinski definition) is 5. The van der Waals surface area contributed by atoms with Crippen LogP contribution >= 0.6 is 15.9 Å². The van der Waals surface area contributed by atoms with Crippen LogP contribution in [0.2, 0.25) is 0 Å². The Bertz CT molecular complexity index is 965. The van der Waals surface area contributed by atoms with Gasteiger partial charge in [0.2, 0.25) is 0 Å². The Morgan fingerprint density at radius 3 is 2.83 bits per heavy atom. The Hall–Kier alpha value is -2.47. The number of ether oxygens (including phenoxy) is 1. The zero-order valence-electron chi connectivity index (χ0n) is 12.9. The highest BCUT2D eigenvalue weighted by molar-refractivity contribution is 9.10. The lowest BCUT2D eigenvalue weighted by Crippen LogP contribution is -2.08. The molecule has 3 rings (SSSR count). The van der Waals surface area contributed by atoms with E-state index in [2.05, 4.69) is 20.9 Å². The molecule has 0 fully saturated rings. The number of carbonyl (C=O) groups is 1. The van der Waals surface area contributed by atoms with E-state index in [0.29, 0.717) is 21.2 Å². The zero-order valence-corrected chi connectivity index (χ0v) is 14.5.